The number of aromatic nitrogens is 2. The summed E-state index contributed by atoms with van der Waals surface area (Å²) in [7, 11) is 0. The SMILES string of the molecule is Cc1nc2ccc(-c3ccc(C(=O)O)nc3)cc2c(C)c1OCc1ccccc1. The number of ether oxygens (including phenoxy) is 1. The molecule has 2 aromatic carbocycles. The molecule has 0 unspecified atom stereocenters. The van der Waals surface area contributed by atoms with E-state index in [0.717, 1.165) is 44.6 Å². The van der Waals surface area contributed by atoms with Crippen molar-refractivity contribution < 1.29 is 14.6 Å². The minimum absolute atomic E-state index is 0.0274. The predicted molar refractivity (Wildman–Crippen MR) is 112 cm³/mol. The van der Waals surface area contributed by atoms with Gasteiger partial charge in [0, 0.05) is 22.7 Å². The van der Waals surface area contributed by atoms with E-state index in [4.69, 9.17) is 14.8 Å². The first-order valence-electron chi connectivity index (χ1n) is 9.30. The molecule has 0 aliphatic heterocycles. The van der Waals surface area contributed by atoms with Crippen LogP contribution in [-0.2, 0) is 6.61 Å². The number of fused-ring (bicyclic) bond motifs is 1. The van der Waals surface area contributed by atoms with E-state index in [0.29, 0.717) is 6.61 Å². The maximum atomic E-state index is 11.0. The fourth-order valence-corrected chi connectivity index (χ4v) is 3.37. The van der Waals surface area contributed by atoms with Gasteiger partial charge in [-0.1, -0.05) is 42.5 Å². The molecule has 2 heterocycles. The summed E-state index contributed by atoms with van der Waals surface area (Å²) in [4.78, 5) is 19.7. The summed E-state index contributed by atoms with van der Waals surface area (Å²) in [6.45, 7) is 4.47. The lowest BCUT2D eigenvalue weighted by Gasteiger charge is -2.15. The monoisotopic (exact) mass is 384 g/mol. The molecule has 4 aromatic rings. The second-order valence-corrected chi connectivity index (χ2v) is 6.89. The molecule has 0 aliphatic carbocycles. The molecule has 1 N–H and O–H groups in total. The number of pyridine rings is 2. The van der Waals surface area contributed by atoms with Crippen LogP contribution in [0.5, 0.6) is 5.75 Å². The van der Waals surface area contributed by atoms with E-state index < -0.39 is 5.97 Å². The average molecular weight is 384 g/mol. The Morgan fingerprint density at radius 3 is 2.45 bits per heavy atom. The van der Waals surface area contributed by atoms with Gasteiger partial charge in [0.2, 0.25) is 0 Å². The lowest BCUT2D eigenvalue weighted by Crippen LogP contribution is -2.01. The van der Waals surface area contributed by atoms with Crippen LogP contribution in [0.25, 0.3) is 22.0 Å². The molecule has 0 aliphatic rings. The summed E-state index contributed by atoms with van der Waals surface area (Å²) in [5.74, 6) is -0.247. The van der Waals surface area contributed by atoms with Gasteiger partial charge in [0.25, 0.3) is 0 Å². The van der Waals surface area contributed by atoms with Crippen molar-refractivity contribution in [2.45, 2.75) is 20.5 Å². The van der Waals surface area contributed by atoms with Crippen molar-refractivity contribution in [3.05, 3.63) is 89.4 Å². The molecular weight excluding hydrogens is 364 g/mol. The largest absolute Gasteiger partial charge is 0.487 e. The molecular formula is C24H20N2O3. The highest BCUT2D eigenvalue weighted by atomic mass is 16.5. The summed E-state index contributed by atoms with van der Waals surface area (Å²) in [5, 5.41) is 10.0. The van der Waals surface area contributed by atoms with E-state index in [-0.39, 0.29) is 5.69 Å². The lowest BCUT2D eigenvalue weighted by atomic mass is 10.0. The van der Waals surface area contributed by atoms with Gasteiger partial charge in [0.15, 0.2) is 0 Å². The van der Waals surface area contributed by atoms with Crippen molar-refractivity contribution in [3.8, 4) is 16.9 Å². The van der Waals surface area contributed by atoms with Gasteiger partial charge in [-0.25, -0.2) is 14.8 Å². The van der Waals surface area contributed by atoms with Crippen molar-refractivity contribution in [3.63, 3.8) is 0 Å². The summed E-state index contributed by atoms with van der Waals surface area (Å²) in [6.07, 6.45) is 1.58. The second kappa shape index (κ2) is 7.72. The Morgan fingerprint density at radius 2 is 1.76 bits per heavy atom. The summed E-state index contributed by atoms with van der Waals surface area (Å²) < 4.78 is 6.11. The summed E-state index contributed by atoms with van der Waals surface area (Å²) >= 11 is 0. The number of hydrogen-bond donors (Lipinski definition) is 1. The van der Waals surface area contributed by atoms with E-state index in [1.807, 2.05) is 62.4 Å². The van der Waals surface area contributed by atoms with Crippen molar-refractivity contribution in [2.24, 2.45) is 0 Å². The van der Waals surface area contributed by atoms with Crippen molar-refractivity contribution in [1.82, 2.24) is 9.97 Å². The number of carbonyl (C=O) groups is 1. The molecule has 0 atom stereocenters. The Morgan fingerprint density at radius 1 is 1.00 bits per heavy atom. The van der Waals surface area contributed by atoms with Crippen LogP contribution >= 0.6 is 0 Å². The predicted octanol–water partition coefficient (Wildman–Crippen LogP) is 5.19. The lowest BCUT2D eigenvalue weighted by molar-refractivity contribution is 0.0690. The molecule has 4 rings (SSSR count). The van der Waals surface area contributed by atoms with E-state index in [1.54, 1.807) is 12.3 Å². The zero-order chi connectivity index (χ0) is 20.4. The van der Waals surface area contributed by atoms with Crippen LogP contribution < -0.4 is 4.74 Å². The number of carboxylic acid groups (broad SMARTS) is 1. The van der Waals surface area contributed by atoms with Gasteiger partial charge < -0.3 is 9.84 Å². The van der Waals surface area contributed by atoms with Gasteiger partial charge in [-0.3, -0.25) is 0 Å². The minimum atomic E-state index is -1.04. The van der Waals surface area contributed by atoms with Gasteiger partial charge in [-0.05, 0) is 43.2 Å². The number of rotatable bonds is 5. The number of carboxylic acids is 1. The van der Waals surface area contributed by atoms with Crippen molar-refractivity contribution >= 4 is 16.9 Å². The standard InChI is InChI=1S/C24H20N2O3/c1-15-20-12-18(19-9-11-22(24(27)28)25-13-19)8-10-21(20)26-16(2)23(15)29-14-17-6-4-3-5-7-17/h3-13H,14H2,1-2H3,(H,27,28). The molecule has 0 spiro atoms. The fraction of sp³-hybridized carbons (Fsp3) is 0.125. The van der Waals surface area contributed by atoms with Crippen LogP contribution in [0, 0.1) is 13.8 Å². The Hall–Kier alpha value is -3.73. The number of aryl methyl sites for hydroxylation is 2. The maximum absolute atomic E-state index is 11.0. The first-order valence-corrected chi connectivity index (χ1v) is 9.30. The van der Waals surface area contributed by atoms with Crippen LogP contribution in [0.15, 0.2) is 66.9 Å². The van der Waals surface area contributed by atoms with E-state index in [1.165, 1.54) is 6.07 Å². The zero-order valence-electron chi connectivity index (χ0n) is 16.2. The van der Waals surface area contributed by atoms with Gasteiger partial charge in [-0.15, -0.1) is 0 Å². The molecule has 0 radical (unpaired) electrons. The third kappa shape index (κ3) is 3.80. The summed E-state index contributed by atoms with van der Waals surface area (Å²) in [5.41, 5.74) is 5.70. The molecule has 0 bridgehead atoms. The highest BCUT2D eigenvalue weighted by Crippen LogP contribution is 2.32. The average Bonchev–Trinajstić information content (AvgIpc) is 2.74. The normalized spacial score (nSPS) is 10.8. The van der Waals surface area contributed by atoms with Gasteiger partial charge >= 0.3 is 5.97 Å². The highest BCUT2D eigenvalue weighted by molar-refractivity contribution is 5.89. The fourth-order valence-electron chi connectivity index (χ4n) is 3.37. The molecule has 5 nitrogen and oxygen atoms in total. The third-order valence-corrected chi connectivity index (χ3v) is 4.90. The van der Waals surface area contributed by atoms with Crippen LogP contribution in [0.2, 0.25) is 0 Å². The van der Waals surface area contributed by atoms with Crippen LogP contribution in [0.4, 0.5) is 0 Å². The first kappa shape index (κ1) is 18.6. The van der Waals surface area contributed by atoms with Crippen LogP contribution in [0.1, 0.15) is 27.3 Å². The Bertz CT molecular complexity index is 1190. The third-order valence-electron chi connectivity index (χ3n) is 4.90. The molecule has 2 aromatic heterocycles. The molecule has 0 saturated carbocycles. The van der Waals surface area contributed by atoms with Gasteiger partial charge in [-0.2, -0.15) is 0 Å². The van der Waals surface area contributed by atoms with Crippen molar-refractivity contribution in [1.29, 1.82) is 0 Å². The molecule has 5 heteroatoms. The highest BCUT2D eigenvalue weighted by Gasteiger charge is 2.13. The van der Waals surface area contributed by atoms with Crippen molar-refractivity contribution in [2.75, 3.05) is 0 Å². The second-order valence-electron chi connectivity index (χ2n) is 6.89. The minimum Gasteiger partial charge on any atom is -0.487 e. The number of aromatic carboxylic acids is 1. The smallest absolute Gasteiger partial charge is 0.354 e. The van der Waals surface area contributed by atoms with E-state index in [9.17, 15) is 4.79 Å². The Balaban J connectivity index is 1.70. The first-order chi connectivity index (χ1) is 14.0. The number of benzene rings is 2. The maximum Gasteiger partial charge on any atom is 0.354 e. The molecule has 0 fully saturated rings. The summed E-state index contributed by atoms with van der Waals surface area (Å²) in [6, 6.07) is 19.3. The molecule has 144 valence electrons. The Labute approximate surface area is 168 Å². The zero-order valence-corrected chi connectivity index (χ0v) is 16.2. The van der Waals surface area contributed by atoms with E-state index in [2.05, 4.69) is 4.98 Å². The quantitative estimate of drug-likeness (QED) is 0.513. The van der Waals surface area contributed by atoms with Gasteiger partial charge in [0.05, 0.1) is 11.2 Å². The number of hydrogen-bond acceptors (Lipinski definition) is 4. The molecule has 0 amide bonds. The molecule has 29 heavy (non-hydrogen) atoms. The van der Waals surface area contributed by atoms with Gasteiger partial charge in [0.1, 0.15) is 18.1 Å². The van der Waals surface area contributed by atoms with E-state index >= 15 is 0 Å². The van der Waals surface area contributed by atoms with Crippen LogP contribution in [-0.4, -0.2) is 21.0 Å². The Kier molecular flexibility index (Phi) is 4.96. The molecule has 0 saturated heterocycles. The number of nitrogens with zero attached hydrogens (tertiary/aromatic N) is 2. The topological polar surface area (TPSA) is 72.3 Å². The van der Waals surface area contributed by atoms with Crippen LogP contribution in [0.3, 0.4) is 0 Å².